The van der Waals surface area contributed by atoms with Gasteiger partial charge in [0.2, 0.25) is 10.0 Å². The van der Waals surface area contributed by atoms with E-state index in [0.717, 1.165) is 44.7 Å². The summed E-state index contributed by atoms with van der Waals surface area (Å²) >= 11 is 0. The van der Waals surface area contributed by atoms with Gasteiger partial charge in [0.1, 0.15) is 5.75 Å². The number of carbonyl (C=O) groups is 1. The lowest BCUT2D eigenvalue weighted by atomic mass is 10.1. The van der Waals surface area contributed by atoms with Crippen LogP contribution in [0.25, 0.3) is 0 Å². The van der Waals surface area contributed by atoms with Crippen LogP contribution >= 0.6 is 0 Å². The van der Waals surface area contributed by atoms with Crippen LogP contribution in [-0.2, 0) is 37.5 Å². The Hall–Kier alpha value is -2.58. The monoisotopic (exact) mass is 556 g/mol. The van der Waals surface area contributed by atoms with Gasteiger partial charge >= 0.3 is 0 Å². The van der Waals surface area contributed by atoms with Crippen molar-refractivity contribution in [1.29, 1.82) is 0 Å². The Labute approximate surface area is 224 Å². The summed E-state index contributed by atoms with van der Waals surface area (Å²) in [5.74, 6) is -0.809. The lowest BCUT2D eigenvalue weighted by molar-refractivity contribution is -0.134. The van der Waals surface area contributed by atoms with E-state index in [-0.39, 0.29) is 17.3 Å². The molecule has 11 nitrogen and oxygen atoms in total. The van der Waals surface area contributed by atoms with Gasteiger partial charge in [-0.2, -0.15) is 0 Å². The van der Waals surface area contributed by atoms with E-state index in [2.05, 4.69) is 5.32 Å². The number of aliphatic hydroxyl groups excluding tert-OH is 2. The molecule has 0 amide bonds. The standard InChI is InChI=1S/C24H36N2O7S.C2H4O2/c25-34(30,31)22-7-5-6-19(14-22)18-33-13-12-32-11-4-2-1-3-10-26-16-24(29)20-8-9-23(28)21(15-20)17-27;1-2(3)4/h5-9,14-15,24,26-29H,1-4,10-13,16-18H2,(H2,25,30,31);1H3,(H,3,4)/t24-;/m0./s1. The summed E-state index contributed by atoms with van der Waals surface area (Å²) < 4.78 is 33.8. The number of aliphatic carboxylic acids is 1. The number of hydrogen-bond donors (Lipinski definition) is 6. The summed E-state index contributed by atoms with van der Waals surface area (Å²) in [4.78, 5) is 9.07. The van der Waals surface area contributed by atoms with Gasteiger partial charge < -0.3 is 35.2 Å². The highest BCUT2D eigenvalue weighted by atomic mass is 32.2. The minimum Gasteiger partial charge on any atom is -0.508 e. The molecule has 1 atom stereocenters. The lowest BCUT2D eigenvalue weighted by Gasteiger charge is -2.14. The van der Waals surface area contributed by atoms with E-state index in [9.17, 15) is 23.7 Å². The second kappa shape index (κ2) is 18.6. The fourth-order valence-electron chi connectivity index (χ4n) is 3.33. The Morgan fingerprint density at radius 2 is 1.71 bits per heavy atom. The topological polar surface area (TPSA) is 189 Å². The molecular weight excluding hydrogens is 516 g/mol. The van der Waals surface area contributed by atoms with Crippen molar-refractivity contribution < 1.29 is 43.1 Å². The van der Waals surface area contributed by atoms with Crippen LogP contribution in [0.1, 0.15) is 55.4 Å². The second-order valence-electron chi connectivity index (χ2n) is 8.56. The minimum atomic E-state index is -3.71. The fourth-order valence-corrected chi connectivity index (χ4v) is 3.91. The molecule has 0 aliphatic carbocycles. The van der Waals surface area contributed by atoms with Crippen LogP contribution in [0, 0.1) is 0 Å². The third kappa shape index (κ3) is 15.0. The van der Waals surface area contributed by atoms with Crippen molar-refractivity contribution in [3.63, 3.8) is 0 Å². The predicted octanol–water partition coefficient (Wildman–Crippen LogP) is 2.04. The Bertz CT molecular complexity index is 1060. The number of hydrogen-bond acceptors (Lipinski definition) is 9. The molecule has 0 saturated heterocycles. The van der Waals surface area contributed by atoms with E-state index in [1.165, 1.54) is 18.2 Å². The van der Waals surface area contributed by atoms with E-state index in [0.29, 0.717) is 44.1 Å². The first-order valence-electron chi connectivity index (χ1n) is 12.3. The highest BCUT2D eigenvalue weighted by Gasteiger charge is 2.10. The molecule has 0 aromatic heterocycles. The van der Waals surface area contributed by atoms with Crippen molar-refractivity contribution >= 4 is 16.0 Å². The van der Waals surface area contributed by atoms with Gasteiger partial charge in [0.05, 0.1) is 37.4 Å². The number of primary sulfonamides is 1. The van der Waals surface area contributed by atoms with Gasteiger partial charge in [-0.1, -0.05) is 31.0 Å². The number of phenols is 1. The van der Waals surface area contributed by atoms with Crippen molar-refractivity contribution in [2.24, 2.45) is 5.14 Å². The van der Waals surface area contributed by atoms with Crippen LogP contribution < -0.4 is 10.5 Å². The summed E-state index contributed by atoms with van der Waals surface area (Å²) in [5, 5.41) is 44.8. The zero-order chi connectivity index (χ0) is 28.4. The van der Waals surface area contributed by atoms with Crippen molar-refractivity contribution in [3.8, 4) is 5.75 Å². The van der Waals surface area contributed by atoms with E-state index in [1.54, 1.807) is 24.3 Å². The Kier molecular flexibility index (Phi) is 16.4. The van der Waals surface area contributed by atoms with Crippen molar-refractivity contribution in [3.05, 3.63) is 59.2 Å². The first-order chi connectivity index (χ1) is 18.0. The molecule has 0 bridgehead atoms. The third-order valence-electron chi connectivity index (χ3n) is 5.26. The second-order valence-corrected chi connectivity index (χ2v) is 10.1. The fraction of sp³-hybridized carbons (Fsp3) is 0.500. The maximum atomic E-state index is 11.4. The summed E-state index contributed by atoms with van der Waals surface area (Å²) in [6.07, 6.45) is 3.35. The lowest BCUT2D eigenvalue weighted by Crippen LogP contribution is -2.22. The van der Waals surface area contributed by atoms with E-state index in [4.69, 9.17) is 24.5 Å². The van der Waals surface area contributed by atoms with Gasteiger partial charge in [0.15, 0.2) is 0 Å². The van der Waals surface area contributed by atoms with E-state index >= 15 is 0 Å². The van der Waals surface area contributed by atoms with Crippen LogP contribution in [0.3, 0.4) is 0 Å². The SMILES string of the molecule is CC(=O)O.NS(=O)(=O)c1cccc(COCCOCCCCCCNC[C@H](O)c2ccc(O)c(CO)c2)c1. The minimum absolute atomic E-state index is 0.0241. The van der Waals surface area contributed by atoms with Gasteiger partial charge in [-0.15, -0.1) is 0 Å². The molecule has 2 aromatic carbocycles. The van der Waals surface area contributed by atoms with Crippen LogP contribution in [0.15, 0.2) is 47.4 Å². The molecule has 2 rings (SSSR count). The largest absolute Gasteiger partial charge is 0.508 e. The van der Waals surface area contributed by atoms with Gasteiger partial charge in [0.25, 0.3) is 5.97 Å². The molecule has 214 valence electrons. The number of aliphatic hydroxyl groups is 2. The van der Waals surface area contributed by atoms with Crippen LogP contribution in [0.4, 0.5) is 0 Å². The molecular formula is C26H40N2O9S. The number of aromatic hydroxyl groups is 1. The molecule has 0 radical (unpaired) electrons. The summed E-state index contributed by atoms with van der Waals surface area (Å²) in [7, 11) is -3.71. The first kappa shape index (κ1) is 33.4. The Balaban J connectivity index is 0.00000168. The number of benzene rings is 2. The molecule has 12 heteroatoms. The molecule has 0 saturated carbocycles. The Morgan fingerprint density at radius 1 is 1.03 bits per heavy atom. The van der Waals surface area contributed by atoms with Crippen molar-refractivity contribution in [2.45, 2.75) is 56.8 Å². The normalized spacial score (nSPS) is 12.0. The van der Waals surface area contributed by atoms with E-state index < -0.39 is 22.1 Å². The number of nitrogens with two attached hydrogens (primary N) is 1. The zero-order valence-electron chi connectivity index (χ0n) is 21.7. The van der Waals surface area contributed by atoms with Crippen molar-refractivity contribution in [2.75, 3.05) is 32.9 Å². The average molecular weight is 557 g/mol. The highest BCUT2D eigenvalue weighted by molar-refractivity contribution is 7.89. The van der Waals surface area contributed by atoms with Gasteiger partial charge in [-0.3, -0.25) is 4.79 Å². The third-order valence-corrected chi connectivity index (χ3v) is 6.17. The van der Waals surface area contributed by atoms with Gasteiger partial charge in [0, 0.05) is 25.6 Å². The summed E-state index contributed by atoms with van der Waals surface area (Å²) in [6.45, 7) is 3.87. The number of carboxylic acids is 1. The number of ether oxygens (including phenoxy) is 2. The van der Waals surface area contributed by atoms with Crippen LogP contribution in [0.2, 0.25) is 0 Å². The Morgan fingerprint density at radius 3 is 2.39 bits per heavy atom. The zero-order valence-corrected chi connectivity index (χ0v) is 22.5. The number of rotatable bonds is 17. The quantitative estimate of drug-likeness (QED) is 0.157. The molecule has 0 aliphatic heterocycles. The van der Waals surface area contributed by atoms with Gasteiger partial charge in [-0.05, 0) is 54.8 Å². The molecule has 0 spiro atoms. The van der Waals surface area contributed by atoms with E-state index in [1.807, 2.05) is 0 Å². The first-order valence-corrected chi connectivity index (χ1v) is 13.9. The molecule has 0 aliphatic rings. The number of nitrogens with one attached hydrogen (secondary N) is 1. The maximum Gasteiger partial charge on any atom is 0.300 e. The molecule has 2 aromatic rings. The summed E-state index contributed by atoms with van der Waals surface area (Å²) in [6, 6.07) is 11.1. The number of carboxylic acid groups (broad SMARTS) is 1. The van der Waals surface area contributed by atoms with Crippen molar-refractivity contribution in [1.82, 2.24) is 5.32 Å². The molecule has 38 heavy (non-hydrogen) atoms. The average Bonchev–Trinajstić information content (AvgIpc) is 2.86. The molecule has 0 unspecified atom stereocenters. The molecule has 0 fully saturated rings. The predicted molar refractivity (Wildman–Crippen MR) is 142 cm³/mol. The van der Waals surface area contributed by atoms with Crippen LogP contribution in [-0.4, -0.2) is 67.7 Å². The smallest absolute Gasteiger partial charge is 0.300 e. The number of sulfonamides is 1. The van der Waals surface area contributed by atoms with Gasteiger partial charge in [-0.25, -0.2) is 13.6 Å². The number of unbranched alkanes of at least 4 members (excludes halogenated alkanes) is 3. The molecule has 0 heterocycles. The maximum absolute atomic E-state index is 11.4. The highest BCUT2D eigenvalue weighted by Crippen LogP contribution is 2.22. The summed E-state index contributed by atoms with van der Waals surface area (Å²) in [5.41, 5.74) is 1.80. The molecule has 7 N–H and O–H groups in total. The van der Waals surface area contributed by atoms with Crippen LogP contribution in [0.5, 0.6) is 5.75 Å².